The molecule has 0 aliphatic carbocycles. The fourth-order valence-electron chi connectivity index (χ4n) is 8.88. The number of ether oxygens (including phenoxy) is 3. The standard InChI is InChI=1S/C71H120O6/c1-4-7-10-13-16-19-22-25-28-30-32-33-34-35-36-37-39-40-43-46-49-52-55-58-61-64-70(73)76-67-68(66-75-69(72)63-60-57-54-51-48-45-42-27-24-21-18-15-12-9-6-3)77-71(74)65-62-59-56-53-50-47-44-41-38-31-29-26-23-20-17-14-11-8-5-2/h9,12,17-18,20-22,25-27,29-30,32,34-35,38,41-42,68H,4-8,10-11,13-16,19,23-24,28,31,33,36-37,39-40,43-67H2,1-3H3/b12-9-,20-17-,21-18-,25-22-,29-26-,32-30-,35-34-,41-38-,42-27-. The maximum atomic E-state index is 12.9. The first-order chi connectivity index (χ1) is 38.0. The molecule has 0 heterocycles. The van der Waals surface area contributed by atoms with Gasteiger partial charge >= 0.3 is 17.9 Å². The molecule has 0 aliphatic heterocycles. The molecular weight excluding hydrogens is 949 g/mol. The lowest BCUT2D eigenvalue weighted by Crippen LogP contribution is -2.30. The van der Waals surface area contributed by atoms with Crippen LogP contribution in [0.25, 0.3) is 0 Å². The van der Waals surface area contributed by atoms with Gasteiger partial charge in [-0.25, -0.2) is 0 Å². The molecule has 0 N–H and O–H groups in total. The molecule has 0 saturated carbocycles. The second-order valence-electron chi connectivity index (χ2n) is 21.3. The minimum absolute atomic E-state index is 0.0920. The van der Waals surface area contributed by atoms with Crippen LogP contribution in [0.1, 0.15) is 303 Å². The molecule has 0 rings (SSSR count). The molecular formula is C71H120O6. The number of rotatable bonds is 58. The van der Waals surface area contributed by atoms with Gasteiger partial charge in [0.25, 0.3) is 0 Å². The fourth-order valence-corrected chi connectivity index (χ4v) is 8.88. The van der Waals surface area contributed by atoms with Crippen molar-refractivity contribution < 1.29 is 28.6 Å². The Morgan fingerprint density at radius 3 is 0.818 bits per heavy atom. The summed E-state index contributed by atoms with van der Waals surface area (Å²) in [4.78, 5) is 38.3. The third-order valence-corrected chi connectivity index (χ3v) is 13.7. The largest absolute Gasteiger partial charge is 0.462 e. The maximum Gasteiger partial charge on any atom is 0.306 e. The molecule has 77 heavy (non-hydrogen) atoms. The summed E-state index contributed by atoms with van der Waals surface area (Å²) in [6, 6.07) is 0. The first kappa shape index (κ1) is 73.1. The highest BCUT2D eigenvalue weighted by molar-refractivity contribution is 5.71. The molecule has 0 fully saturated rings. The third-order valence-electron chi connectivity index (χ3n) is 13.7. The van der Waals surface area contributed by atoms with E-state index < -0.39 is 6.10 Å². The van der Waals surface area contributed by atoms with E-state index in [-0.39, 0.29) is 31.1 Å². The number of hydrogen-bond donors (Lipinski definition) is 0. The number of unbranched alkanes of at least 4 members (excludes halogenated alkanes) is 29. The van der Waals surface area contributed by atoms with Crippen LogP contribution in [0.3, 0.4) is 0 Å². The van der Waals surface area contributed by atoms with Crippen molar-refractivity contribution in [1.82, 2.24) is 0 Å². The summed E-state index contributed by atoms with van der Waals surface area (Å²) in [5.74, 6) is -0.919. The SMILES string of the molecule is CC/C=C\C/C=C\C/C=C\CCCCCCCC(=O)OCC(COC(=O)CCCCCCCCCCCC/C=C\C/C=C\C/C=C\CCCCCCC)OC(=O)CCCCCCCC/C=C\C/C=C\C/C=C\CCCCC. The van der Waals surface area contributed by atoms with Crippen LogP contribution in [0, 0.1) is 0 Å². The van der Waals surface area contributed by atoms with E-state index in [9.17, 15) is 14.4 Å². The molecule has 0 radical (unpaired) electrons. The lowest BCUT2D eigenvalue weighted by molar-refractivity contribution is -0.167. The Morgan fingerprint density at radius 1 is 0.273 bits per heavy atom. The van der Waals surface area contributed by atoms with Crippen LogP contribution in [0.2, 0.25) is 0 Å². The van der Waals surface area contributed by atoms with E-state index in [0.29, 0.717) is 19.3 Å². The molecule has 1 atom stereocenters. The first-order valence-electron chi connectivity index (χ1n) is 32.4. The molecule has 6 heteroatoms. The summed E-state index contributed by atoms with van der Waals surface area (Å²) in [6.45, 7) is 6.48. The summed E-state index contributed by atoms with van der Waals surface area (Å²) in [7, 11) is 0. The molecule has 0 aromatic rings. The lowest BCUT2D eigenvalue weighted by atomic mass is 10.1. The molecule has 0 spiro atoms. The van der Waals surface area contributed by atoms with Gasteiger partial charge < -0.3 is 14.2 Å². The Balaban J connectivity index is 4.39. The van der Waals surface area contributed by atoms with Crippen molar-refractivity contribution >= 4 is 17.9 Å². The summed E-state index contributed by atoms with van der Waals surface area (Å²) >= 11 is 0. The summed E-state index contributed by atoms with van der Waals surface area (Å²) in [6.07, 6.45) is 88.0. The molecule has 1 unspecified atom stereocenters. The summed E-state index contributed by atoms with van der Waals surface area (Å²) in [5.41, 5.74) is 0. The predicted octanol–water partition coefficient (Wildman–Crippen LogP) is 22.2. The van der Waals surface area contributed by atoms with E-state index in [4.69, 9.17) is 14.2 Å². The predicted molar refractivity (Wildman–Crippen MR) is 334 cm³/mol. The van der Waals surface area contributed by atoms with E-state index in [1.165, 1.54) is 128 Å². The Hall–Kier alpha value is -3.93. The van der Waals surface area contributed by atoms with Crippen LogP contribution in [-0.2, 0) is 28.6 Å². The number of allylic oxidation sites excluding steroid dienone is 18. The van der Waals surface area contributed by atoms with Gasteiger partial charge in [0.1, 0.15) is 13.2 Å². The Bertz CT molecular complexity index is 1560. The molecule has 440 valence electrons. The lowest BCUT2D eigenvalue weighted by Gasteiger charge is -2.18. The smallest absolute Gasteiger partial charge is 0.306 e. The Labute approximate surface area is 476 Å². The second kappa shape index (κ2) is 64.6. The van der Waals surface area contributed by atoms with Crippen molar-refractivity contribution in [3.63, 3.8) is 0 Å². The minimum Gasteiger partial charge on any atom is -0.462 e. The van der Waals surface area contributed by atoms with Gasteiger partial charge in [0.05, 0.1) is 0 Å². The Morgan fingerprint density at radius 2 is 0.506 bits per heavy atom. The molecule has 0 bridgehead atoms. The van der Waals surface area contributed by atoms with Crippen LogP contribution >= 0.6 is 0 Å². The second-order valence-corrected chi connectivity index (χ2v) is 21.3. The average molecular weight is 1070 g/mol. The molecule has 0 aromatic carbocycles. The minimum atomic E-state index is -0.798. The molecule has 0 aromatic heterocycles. The van der Waals surface area contributed by atoms with E-state index in [2.05, 4.69) is 130 Å². The number of carbonyl (C=O) groups excluding carboxylic acids is 3. The third kappa shape index (κ3) is 62.8. The van der Waals surface area contributed by atoms with Crippen molar-refractivity contribution in [2.45, 2.75) is 309 Å². The highest BCUT2D eigenvalue weighted by Gasteiger charge is 2.19. The van der Waals surface area contributed by atoms with E-state index in [1.807, 2.05) is 0 Å². The van der Waals surface area contributed by atoms with Crippen LogP contribution in [0.4, 0.5) is 0 Å². The number of hydrogen-bond acceptors (Lipinski definition) is 6. The molecule has 0 aliphatic rings. The van der Waals surface area contributed by atoms with E-state index in [0.717, 1.165) is 135 Å². The van der Waals surface area contributed by atoms with Crippen LogP contribution < -0.4 is 0 Å². The van der Waals surface area contributed by atoms with Gasteiger partial charge in [-0.2, -0.15) is 0 Å². The Kier molecular flexibility index (Phi) is 61.3. The number of carbonyl (C=O) groups is 3. The van der Waals surface area contributed by atoms with Gasteiger partial charge in [-0.3, -0.25) is 14.4 Å². The summed E-state index contributed by atoms with van der Waals surface area (Å²) in [5, 5.41) is 0. The van der Waals surface area contributed by atoms with Gasteiger partial charge in [-0.15, -0.1) is 0 Å². The molecule has 0 saturated heterocycles. The van der Waals surface area contributed by atoms with Crippen molar-refractivity contribution in [3.05, 3.63) is 109 Å². The fraction of sp³-hybridized carbons (Fsp3) is 0.704. The van der Waals surface area contributed by atoms with Gasteiger partial charge in [0, 0.05) is 19.3 Å². The topological polar surface area (TPSA) is 78.9 Å². The van der Waals surface area contributed by atoms with Gasteiger partial charge in [0.15, 0.2) is 6.10 Å². The van der Waals surface area contributed by atoms with Crippen molar-refractivity contribution in [2.24, 2.45) is 0 Å². The molecule has 6 nitrogen and oxygen atoms in total. The van der Waals surface area contributed by atoms with Gasteiger partial charge in [0.2, 0.25) is 0 Å². The average Bonchev–Trinajstić information content (AvgIpc) is 3.43. The normalized spacial score (nSPS) is 12.8. The zero-order chi connectivity index (χ0) is 55.7. The number of esters is 3. The highest BCUT2D eigenvalue weighted by Crippen LogP contribution is 2.15. The van der Waals surface area contributed by atoms with Gasteiger partial charge in [-0.05, 0) is 128 Å². The van der Waals surface area contributed by atoms with Crippen LogP contribution in [0.15, 0.2) is 109 Å². The zero-order valence-corrected chi connectivity index (χ0v) is 50.4. The van der Waals surface area contributed by atoms with Gasteiger partial charge in [-0.1, -0.05) is 265 Å². The summed E-state index contributed by atoms with van der Waals surface area (Å²) < 4.78 is 16.9. The quantitative estimate of drug-likeness (QED) is 0.0261. The zero-order valence-electron chi connectivity index (χ0n) is 50.4. The van der Waals surface area contributed by atoms with Crippen molar-refractivity contribution in [2.75, 3.05) is 13.2 Å². The first-order valence-corrected chi connectivity index (χ1v) is 32.4. The van der Waals surface area contributed by atoms with E-state index >= 15 is 0 Å². The maximum absolute atomic E-state index is 12.9. The monoisotopic (exact) mass is 1070 g/mol. The highest BCUT2D eigenvalue weighted by atomic mass is 16.6. The van der Waals surface area contributed by atoms with E-state index in [1.54, 1.807) is 0 Å². The molecule has 0 amide bonds. The van der Waals surface area contributed by atoms with Crippen LogP contribution in [0.5, 0.6) is 0 Å². The van der Waals surface area contributed by atoms with Crippen molar-refractivity contribution in [1.29, 1.82) is 0 Å². The van der Waals surface area contributed by atoms with Crippen molar-refractivity contribution in [3.8, 4) is 0 Å². The van der Waals surface area contributed by atoms with Crippen LogP contribution in [-0.4, -0.2) is 37.2 Å².